The molecule has 0 saturated carbocycles. The van der Waals surface area contributed by atoms with Crippen molar-refractivity contribution in [1.29, 1.82) is 0 Å². The molecule has 1 N–H and O–H groups in total. The second kappa shape index (κ2) is 15.3. The number of H-pyrrole nitrogens is 1. The van der Waals surface area contributed by atoms with Gasteiger partial charge in [0.25, 0.3) is 0 Å². The van der Waals surface area contributed by atoms with Gasteiger partial charge in [-0.1, -0.05) is 42.3 Å². The highest BCUT2D eigenvalue weighted by Gasteiger charge is 2.11. The third kappa shape index (κ3) is 9.18. The van der Waals surface area contributed by atoms with Crippen LogP contribution >= 0.6 is 11.3 Å². The normalized spacial score (nSPS) is 9.45. The van der Waals surface area contributed by atoms with E-state index in [1.807, 2.05) is 29.6 Å². The van der Waals surface area contributed by atoms with Gasteiger partial charge in [-0.05, 0) is 73.5 Å². The maximum Gasteiger partial charge on any atom is 0.198 e. The summed E-state index contributed by atoms with van der Waals surface area (Å²) in [5.74, 6) is 0.647. The summed E-state index contributed by atoms with van der Waals surface area (Å²) in [6.45, 7) is 14.9. The van der Waals surface area contributed by atoms with Crippen LogP contribution in [0, 0.1) is 0 Å². The summed E-state index contributed by atoms with van der Waals surface area (Å²) in [5, 5.41) is 2.56. The van der Waals surface area contributed by atoms with Crippen molar-refractivity contribution >= 4 is 33.3 Å². The van der Waals surface area contributed by atoms with Gasteiger partial charge in [0, 0.05) is 5.75 Å². The first kappa shape index (κ1) is 25.4. The number of thiophene rings is 1. The lowest BCUT2D eigenvalue weighted by Gasteiger charge is -1.94. The lowest BCUT2D eigenvalue weighted by atomic mass is 10.3. The molecule has 3 aromatic heterocycles. The molecule has 0 aliphatic rings. The molecule has 0 radical (unpaired) electrons. The van der Waals surface area contributed by atoms with E-state index in [9.17, 15) is 4.21 Å². The first-order valence-corrected chi connectivity index (χ1v) is 11.4. The topological polar surface area (TPSA) is 58.6 Å². The van der Waals surface area contributed by atoms with Gasteiger partial charge >= 0.3 is 0 Å². The van der Waals surface area contributed by atoms with Crippen molar-refractivity contribution in [1.82, 2.24) is 15.0 Å². The number of rotatable bonds is 5. The van der Waals surface area contributed by atoms with Crippen LogP contribution in [0.25, 0.3) is 21.7 Å². The number of nitrogens with zero attached hydrogens (tertiary/aromatic N) is 2. The number of hydrogen-bond acceptors (Lipinski definition) is 4. The Morgan fingerprint density at radius 2 is 1.71 bits per heavy atom. The fourth-order valence-corrected chi connectivity index (χ4v) is 3.88. The predicted molar refractivity (Wildman–Crippen MR) is 130 cm³/mol. The van der Waals surface area contributed by atoms with Crippen molar-refractivity contribution in [3.05, 3.63) is 96.1 Å². The molecule has 156 valence electrons. The van der Waals surface area contributed by atoms with Gasteiger partial charge < -0.3 is 4.98 Å². The second-order valence-electron chi connectivity index (χ2n) is 5.57. The Labute approximate surface area is 189 Å². The summed E-state index contributed by atoms with van der Waals surface area (Å²) in [5.41, 5.74) is 19.0. The molecule has 0 amide bonds. The van der Waals surface area contributed by atoms with E-state index in [0.29, 0.717) is 16.6 Å². The zero-order valence-electron chi connectivity index (χ0n) is 17.5. The van der Waals surface area contributed by atoms with Crippen molar-refractivity contribution < 1.29 is 4.21 Å². The van der Waals surface area contributed by atoms with Crippen LogP contribution in [0.1, 0.15) is 19.8 Å². The minimum Gasteiger partial charge on any atom is -0.329 e. The lowest BCUT2D eigenvalue weighted by molar-refractivity contribution is 0.674. The SMILES string of the molecule is C=C=C=C.C=C=C=C=C=C=C.CCCCS(=O)c1nc2nc(-c3cccs3)ccc2[nH]1. The van der Waals surface area contributed by atoms with Crippen LogP contribution in [0.5, 0.6) is 0 Å². The third-order valence-corrected chi connectivity index (χ3v) is 5.60. The summed E-state index contributed by atoms with van der Waals surface area (Å²) in [6, 6.07) is 7.95. The molecule has 31 heavy (non-hydrogen) atoms. The van der Waals surface area contributed by atoms with E-state index in [4.69, 9.17) is 0 Å². The van der Waals surface area contributed by atoms with Gasteiger partial charge in [0.2, 0.25) is 0 Å². The minimum absolute atomic E-state index is 0.532. The van der Waals surface area contributed by atoms with Crippen LogP contribution in [-0.4, -0.2) is 24.9 Å². The largest absolute Gasteiger partial charge is 0.329 e. The molecular formula is C25H23N3OS2. The van der Waals surface area contributed by atoms with Crippen LogP contribution in [0.15, 0.2) is 101 Å². The summed E-state index contributed by atoms with van der Waals surface area (Å²) < 4.78 is 12.1. The van der Waals surface area contributed by atoms with E-state index >= 15 is 0 Å². The summed E-state index contributed by atoms with van der Waals surface area (Å²) in [4.78, 5) is 13.1. The highest BCUT2D eigenvalue weighted by atomic mass is 32.2. The molecule has 3 heterocycles. The second-order valence-corrected chi connectivity index (χ2v) is 8.01. The molecule has 3 rings (SSSR count). The fraction of sp³-hybridized carbons (Fsp3) is 0.160. The Bertz CT molecular complexity index is 1230. The zero-order valence-corrected chi connectivity index (χ0v) is 19.1. The molecule has 0 aromatic carbocycles. The number of imidazole rings is 1. The Hall–Kier alpha value is -3.59. The monoisotopic (exact) mass is 445 g/mol. The van der Waals surface area contributed by atoms with Gasteiger partial charge in [-0.15, -0.1) is 11.3 Å². The van der Waals surface area contributed by atoms with Crippen molar-refractivity contribution in [2.75, 3.05) is 5.75 Å². The predicted octanol–water partition coefficient (Wildman–Crippen LogP) is 6.28. The summed E-state index contributed by atoms with van der Waals surface area (Å²) >= 11 is 1.65. The van der Waals surface area contributed by atoms with E-state index in [0.717, 1.165) is 28.9 Å². The van der Waals surface area contributed by atoms with Crippen LogP contribution < -0.4 is 0 Å². The lowest BCUT2D eigenvalue weighted by Crippen LogP contribution is -1.99. The van der Waals surface area contributed by atoms with Gasteiger partial charge in [-0.2, -0.15) is 0 Å². The first-order chi connectivity index (χ1) is 15.1. The van der Waals surface area contributed by atoms with Crippen molar-refractivity contribution in [2.24, 2.45) is 0 Å². The highest BCUT2D eigenvalue weighted by molar-refractivity contribution is 7.84. The number of aromatic amines is 1. The maximum absolute atomic E-state index is 12.1. The molecule has 0 saturated heterocycles. The summed E-state index contributed by atoms with van der Waals surface area (Å²) in [7, 11) is -1.06. The van der Waals surface area contributed by atoms with Crippen LogP contribution in [0.4, 0.5) is 0 Å². The van der Waals surface area contributed by atoms with Crippen LogP contribution in [0.2, 0.25) is 0 Å². The van der Waals surface area contributed by atoms with Crippen molar-refractivity contribution in [3.8, 4) is 10.6 Å². The molecule has 0 fully saturated rings. The Morgan fingerprint density at radius 3 is 2.26 bits per heavy atom. The zero-order chi connectivity index (χ0) is 22.9. The van der Waals surface area contributed by atoms with E-state index in [2.05, 4.69) is 88.3 Å². The average Bonchev–Trinajstić information content (AvgIpc) is 3.48. The van der Waals surface area contributed by atoms with E-state index in [1.165, 1.54) is 0 Å². The number of hydrogen-bond donors (Lipinski definition) is 1. The Morgan fingerprint density at radius 1 is 1.00 bits per heavy atom. The third-order valence-electron chi connectivity index (χ3n) is 3.42. The molecule has 1 unspecified atom stereocenters. The van der Waals surface area contributed by atoms with Crippen molar-refractivity contribution in [2.45, 2.75) is 24.9 Å². The van der Waals surface area contributed by atoms with Gasteiger partial charge in [-0.3, -0.25) is 4.21 Å². The van der Waals surface area contributed by atoms with Gasteiger partial charge in [0.1, 0.15) is 0 Å². The smallest absolute Gasteiger partial charge is 0.198 e. The number of nitrogens with one attached hydrogen (secondary N) is 1. The standard InChI is InChI=1S/C14H15N3OS2.C7H4.C4H4/c1-2-3-9-20(18)14-16-11-7-6-10(15-13(11)17-14)12-5-4-8-19-12;1-3-5-7-6-4-2;1-3-4-2/h4-8H,2-3,9H2,1H3,(H,15,16,17);1-2H2;1-2H2. The number of unbranched alkanes of at least 4 members (excludes halogenated alkanes) is 1. The van der Waals surface area contributed by atoms with Gasteiger partial charge in [0.05, 0.1) is 26.9 Å². The minimum atomic E-state index is -1.06. The Balaban J connectivity index is 0.000000366. The molecule has 6 heteroatoms. The molecule has 4 nitrogen and oxygen atoms in total. The first-order valence-electron chi connectivity index (χ1n) is 9.23. The molecule has 0 spiro atoms. The quantitative estimate of drug-likeness (QED) is 0.470. The highest BCUT2D eigenvalue weighted by Crippen LogP contribution is 2.24. The molecule has 0 aliphatic carbocycles. The van der Waals surface area contributed by atoms with E-state index < -0.39 is 10.8 Å². The Kier molecular flexibility index (Phi) is 12.5. The molecular weight excluding hydrogens is 422 g/mol. The number of fused-ring (bicyclic) bond motifs is 1. The number of pyridine rings is 1. The number of aromatic nitrogens is 3. The molecule has 1 atom stereocenters. The molecule has 0 bridgehead atoms. The average molecular weight is 446 g/mol. The van der Waals surface area contributed by atoms with E-state index in [1.54, 1.807) is 11.3 Å². The summed E-state index contributed by atoms with van der Waals surface area (Å²) in [6.07, 6.45) is 1.98. The molecule has 0 aliphatic heterocycles. The van der Waals surface area contributed by atoms with Crippen molar-refractivity contribution in [3.63, 3.8) is 0 Å². The van der Waals surface area contributed by atoms with Crippen LogP contribution in [0.3, 0.4) is 0 Å². The molecule has 3 aromatic rings. The van der Waals surface area contributed by atoms with E-state index in [-0.39, 0.29) is 0 Å². The van der Waals surface area contributed by atoms with Crippen LogP contribution in [-0.2, 0) is 10.8 Å². The van der Waals surface area contributed by atoms with Gasteiger partial charge in [0.15, 0.2) is 10.8 Å². The van der Waals surface area contributed by atoms with Gasteiger partial charge in [-0.25, -0.2) is 9.97 Å². The maximum atomic E-state index is 12.1. The fourth-order valence-electron chi connectivity index (χ4n) is 2.03.